The minimum Gasteiger partial charge on any atom is -0.321 e. The maximum absolute atomic E-state index is 11.9. The van der Waals surface area contributed by atoms with Crippen LogP contribution < -0.4 is 5.32 Å². The first-order valence-electron chi connectivity index (χ1n) is 4.83. The average molecular weight is 312 g/mol. The van der Waals surface area contributed by atoms with Crippen molar-refractivity contribution in [2.75, 3.05) is 5.32 Å². The molecule has 1 aromatic heterocycles. The summed E-state index contributed by atoms with van der Waals surface area (Å²) in [6.07, 6.45) is 3.13. The summed E-state index contributed by atoms with van der Waals surface area (Å²) in [4.78, 5) is 15.7. The molecule has 2 aromatic rings. The number of rotatable bonds is 2. The van der Waals surface area contributed by atoms with Crippen LogP contribution in [0.4, 0.5) is 5.69 Å². The largest absolute Gasteiger partial charge is 0.321 e. The molecule has 2 rings (SSSR count). The molecule has 0 unspecified atom stereocenters. The van der Waals surface area contributed by atoms with Gasteiger partial charge in [0.25, 0.3) is 5.91 Å². The van der Waals surface area contributed by atoms with Crippen LogP contribution in [0.3, 0.4) is 0 Å². The summed E-state index contributed by atoms with van der Waals surface area (Å²) >= 11 is 9.30. The van der Waals surface area contributed by atoms with Gasteiger partial charge in [0.05, 0.1) is 10.7 Å². The molecule has 0 aliphatic carbocycles. The predicted octanol–water partition coefficient (Wildman–Crippen LogP) is 3.75. The molecule has 0 aliphatic heterocycles. The van der Waals surface area contributed by atoms with Crippen molar-refractivity contribution in [2.24, 2.45) is 0 Å². The molecular weight excluding hydrogens is 304 g/mol. The zero-order valence-electron chi connectivity index (χ0n) is 8.65. The summed E-state index contributed by atoms with van der Waals surface area (Å²) in [5, 5.41) is 3.23. The standard InChI is InChI=1S/C12H8BrClN2O/c13-9-1-2-10(14)11(7-9)16-12(17)8-3-5-15-6-4-8/h1-7H,(H,16,17). The molecule has 0 spiro atoms. The van der Waals surface area contributed by atoms with Crippen molar-refractivity contribution in [1.29, 1.82) is 0 Å². The van der Waals surface area contributed by atoms with Crippen LogP contribution in [0, 0.1) is 0 Å². The van der Waals surface area contributed by atoms with Gasteiger partial charge in [0.1, 0.15) is 0 Å². The van der Waals surface area contributed by atoms with Crippen LogP contribution in [0.25, 0.3) is 0 Å². The first-order chi connectivity index (χ1) is 8.16. The molecule has 1 aromatic carbocycles. The Morgan fingerprint density at radius 1 is 1.24 bits per heavy atom. The molecular formula is C12H8BrClN2O. The number of carbonyl (C=O) groups is 1. The molecule has 0 bridgehead atoms. The first-order valence-corrected chi connectivity index (χ1v) is 6.00. The van der Waals surface area contributed by atoms with E-state index in [-0.39, 0.29) is 5.91 Å². The Morgan fingerprint density at radius 2 is 1.94 bits per heavy atom. The van der Waals surface area contributed by atoms with Crippen LogP contribution in [0.15, 0.2) is 47.2 Å². The molecule has 1 N–H and O–H groups in total. The summed E-state index contributed by atoms with van der Waals surface area (Å²) in [6, 6.07) is 8.56. The van der Waals surface area contributed by atoms with Crippen LogP contribution in [-0.2, 0) is 0 Å². The van der Waals surface area contributed by atoms with Gasteiger partial charge in [-0.05, 0) is 30.3 Å². The maximum atomic E-state index is 11.9. The number of halogens is 2. The topological polar surface area (TPSA) is 42.0 Å². The molecule has 0 fully saturated rings. The van der Waals surface area contributed by atoms with Gasteiger partial charge in [-0.25, -0.2) is 0 Å². The SMILES string of the molecule is O=C(Nc1cc(Br)ccc1Cl)c1ccncc1. The highest BCUT2D eigenvalue weighted by Crippen LogP contribution is 2.26. The van der Waals surface area contributed by atoms with Gasteiger partial charge < -0.3 is 5.32 Å². The van der Waals surface area contributed by atoms with Gasteiger partial charge >= 0.3 is 0 Å². The summed E-state index contributed by atoms with van der Waals surface area (Å²) in [7, 11) is 0. The van der Waals surface area contributed by atoms with E-state index in [4.69, 9.17) is 11.6 Å². The number of hydrogen-bond acceptors (Lipinski definition) is 2. The second kappa shape index (κ2) is 5.29. The van der Waals surface area contributed by atoms with Crippen LogP contribution in [0.2, 0.25) is 5.02 Å². The third kappa shape index (κ3) is 3.05. The lowest BCUT2D eigenvalue weighted by molar-refractivity contribution is 0.102. The Balaban J connectivity index is 2.22. The Kier molecular flexibility index (Phi) is 3.76. The minimum atomic E-state index is -0.215. The lowest BCUT2D eigenvalue weighted by Crippen LogP contribution is -2.12. The Bertz CT molecular complexity index is 545. The summed E-state index contributed by atoms with van der Waals surface area (Å²) < 4.78 is 0.854. The quantitative estimate of drug-likeness (QED) is 0.918. The highest BCUT2D eigenvalue weighted by atomic mass is 79.9. The van der Waals surface area contributed by atoms with E-state index in [1.54, 1.807) is 36.7 Å². The fourth-order valence-corrected chi connectivity index (χ4v) is 1.82. The summed E-state index contributed by atoms with van der Waals surface area (Å²) in [5.74, 6) is -0.215. The van der Waals surface area contributed by atoms with E-state index < -0.39 is 0 Å². The Hall–Kier alpha value is -1.39. The molecule has 0 aliphatic rings. The second-order valence-electron chi connectivity index (χ2n) is 3.31. The number of nitrogens with one attached hydrogen (secondary N) is 1. The van der Waals surface area contributed by atoms with Crippen molar-refractivity contribution in [3.8, 4) is 0 Å². The molecule has 0 radical (unpaired) electrons. The van der Waals surface area contributed by atoms with Crippen LogP contribution in [-0.4, -0.2) is 10.9 Å². The van der Waals surface area contributed by atoms with E-state index in [0.29, 0.717) is 16.3 Å². The Morgan fingerprint density at radius 3 is 2.65 bits per heavy atom. The summed E-state index contributed by atoms with van der Waals surface area (Å²) in [6.45, 7) is 0. The zero-order valence-corrected chi connectivity index (χ0v) is 11.0. The molecule has 0 atom stereocenters. The van der Waals surface area contributed by atoms with E-state index in [0.717, 1.165) is 4.47 Å². The lowest BCUT2D eigenvalue weighted by atomic mass is 10.2. The number of benzene rings is 1. The molecule has 17 heavy (non-hydrogen) atoms. The normalized spacial score (nSPS) is 10.0. The van der Waals surface area contributed by atoms with Crippen LogP contribution in [0.1, 0.15) is 10.4 Å². The van der Waals surface area contributed by atoms with E-state index in [1.165, 1.54) is 0 Å². The predicted molar refractivity (Wildman–Crippen MR) is 71.3 cm³/mol. The van der Waals surface area contributed by atoms with Gasteiger partial charge in [-0.1, -0.05) is 27.5 Å². The highest BCUT2D eigenvalue weighted by molar-refractivity contribution is 9.10. The molecule has 1 heterocycles. The number of amides is 1. The number of nitrogens with zero attached hydrogens (tertiary/aromatic N) is 1. The average Bonchev–Trinajstić information content (AvgIpc) is 2.35. The smallest absolute Gasteiger partial charge is 0.255 e. The van der Waals surface area contributed by atoms with Crippen molar-refractivity contribution in [3.05, 3.63) is 57.8 Å². The molecule has 1 amide bonds. The molecule has 86 valence electrons. The van der Waals surface area contributed by atoms with Gasteiger partial charge in [-0.15, -0.1) is 0 Å². The zero-order chi connectivity index (χ0) is 12.3. The number of hydrogen-bond donors (Lipinski definition) is 1. The van der Waals surface area contributed by atoms with Gasteiger partial charge in [-0.3, -0.25) is 9.78 Å². The summed E-state index contributed by atoms with van der Waals surface area (Å²) in [5.41, 5.74) is 1.11. The number of aromatic nitrogens is 1. The lowest BCUT2D eigenvalue weighted by Gasteiger charge is -2.07. The van der Waals surface area contributed by atoms with Crippen LogP contribution >= 0.6 is 27.5 Å². The first kappa shape index (κ1) is 12.1. The van der Waals surface area contributed by atoms with Gasteiger partial charge in [0.15, 0.2) is 0 Å². The van der Waals surface area contributed by atoms with Crippen molar-refractivity contribution >= 4 is 39.1 Å². The molecule has 0 saturated carbocycles. The van der Waals surface area contributed by atoms with E-state index in [9.17, 15) is 4.79 Å². The minimum absolute atomic E-state index is 0.215. The van der Waals surface area contributed by atoms with E-state index in [2.05, 4.69) is 26.2 Å². The van der Waals surface area contributed by atoms with Gasteiger partial charge in [0, 0.05) is 22.4 Å². The fourth-order valence-electron chi connectivity index (χ4n) is 1.29. The van der Waals surface area contributed by atoms with Gasteiger partial charge in [0.2, 0.25) is 0 Å². The van der Waals surface area contributed by atoms with E-state index in [1.807, 2.05) is 6.07 Å². The van der Waals surface area contributed by atoms with Crippen molar-refractivity contribution in [1.82, 2.24) is 4.98 Å². The fraction of sp³-hybridized carbons (Fsp3) is 0. The van der Waals surface area contributed by atoms with Crippen molar-refractivity contribution in [2.45, 2.75) is 0 Å². The Labute approximate surface area is 112 Å². The molecule has 3 nitrogen and oxygen atoms in total. The molecule has 5 heteroatoms. The number of pyridine rings is 1. The maximum Gasteiger partial charge on any atom is 0.255 e. The van der Waals surface area contributed by atoms with Crippen LogP contribution in [0.5, 0.6) is 0 Å². The highest BCUT2D eigenvalue weighted by Gasteiger charge is 2.08. The third-order valence-electron chi connectivity index (χ3n) is 2.12. The molecule has 0 saturated heterocycles. The van der Waals surface area contributed by atoms with Gasteiger partial charge in [-0.2, -0.15) is 0 Å². The third-order valence-corrected chi connectivity index (χ3v) is 2.94. The van der Waals surface area contributed by atoms with Crippen molar-refractivity contribution < 1.29 is 4.79 Å². The number of carbonyl (C=O) groups excluding carboxylic acids is 1. The van der Waals surface area contributed by atoms with Crippen molar-refractivity contribution in [3.63, 3.8) is 0 Å². The number of anilines is 1. The second-order valence-corrected chi connectivity index (χ2v) is 4.64. The van der Waals surface area contributed by atoms with E-state index >= 15 is 0 Å². The monoisotopic (exact) mass is 310 g/mol.